The summed E-state index contributed by atoms with van der Waals surface area (Å²) in [7, 11) is 0. The summed E-state index contributed by atoms with van der Waals surface area (Å²) in [6, 6.07) is 22.5. The molecule has 3 aromatic carbocycles. The molecule has 0 radical (unpaired) electrons. The molecule has 0 saturated carbocycles. The predicted molar refractivity (Wildman–Crippen MR) is 123 cm³/mol. The van der Waals surface area contributed by atoms with Gasteiger partial charge in [0.2, 0.25) is 5.89 Å². The Morgan fingerprint density at radius 2 is 1.74 bits per heavy atom. The number of rotatable bonds is 4. The molecule has 0 aliphatic rings. The zero-order valence-electron chi connectivity index (χ0n) is 16.2. The van der Waals surface area contributed by atoms with Crippen LogP contribution in [0.3, 0.4) is 0 Å². The third-order valence-electron chi connectivity index (χ3n) is 5.00. The van der Waals surface area contributed by atoms with E-state index < -0.39 is 0 Å². The summed E-state index contributed by atoms with van der Waals surface area (Å²) < 4.78 is 22.2. The van der Waals surface area contributed by atoms with Gasteiger partial charge in [-0.1, -0.05) is 48.0 Å². The fourth-order valence-corrected chi connectivity index (χ4v) is 4.25. The third-order valence-corrected chi connectivity index (χ3v) is 5.78. The average molecular weight is 495 g/mol. The Kier molecular flexibility index (Phi) is 5.30. The highest BCUT2D eigenvalue weighted by Gasteiger charge is 2.16. The molecular formula is C25H16BrClFN2O+. The molecule has 0 N–H and O–H groups in total. The summed E-state index contributed by atoms with van der Waals surface area (Å²) in [5, 5.41) is 0.393. The number of nitrogens with zero attached hydrogens (tertiary/aromatic N) is 2. The predicted octanol–water partition coefficient (Wildman–Crippen LogP) is 7.05. The zero-order valence-corrected chi connectivity index (χ0v) is 18.6. The lowest BCUT2D eigenvalue weighted by molar-refractivity contribution is -0.688. The van der Waals surface area contributed by atoms with E-state index in [9.17, 15) is 4.39 Å². The van der Waals surface area contributed by atoms with Crippen molar-refractivity contribution in [3.05, 3.63) is 106 Å². The molecular weight excluding hydrogens is 479 g/mol. The van der Waals surface area contributed by atoms with Crippen molar-refractivity contribution in [1.82, 2.24) is 4.98 Å². The summed E-state index contributed by atoms with van der Waals surface area (Å²) in [5.41, 5.74) is 5.38. The van der Waals surface area contributed by atoms with Crippen molar-refractivity contribution in [2.24, 2.45) is 0 Å². The van der Waals surface area contributed by atoms with Crippen LogP contribution in [-0.2, 0) is 6.54 Å². The van der Waals surface area contributed by atoms with Crippen LogP contribution in [0, 0.1) is 5.82 Å². The largest absolute Gasteiger partial charge is 0.436 e. The number of benzene rings is 3. The minimum absolute atomic E-state index is 0.352. The first-order chi connectivity index (χ1) is 15.0. The summed E-state index contributed by atoms with van der Waals surface area (Å²) in [5.74, 6) is 0.176. The maximum absolute atomic E-state index is 13.4. The van der Waals surface area contributed by atoms with Gasteiger partial charge in [0.1, 0.15) is 16.9 Å². The van der Waals surface area contributed by atoms with E-state index in [2.05, 4.69) is 28.1 Å². The summed E-state index contributed by atoms with van der Waals surface area (Å²) in [4.78, 5) is 4.71. The first-order valence-corrected chi connectivity index (χ1v) is 10.8. The molecule has 152 valence electrons. The van der Waals surface area contributed by atoms with Crippen LogP contribution in [0.1, 0.15) is 5.56 Å². The smallest absolute Gasteiger partial charge is 0.233 e. The van der Waals surface area contributed by atoms with Gasteiger partial charge in [0.25, 0.3) is 0 Å². The van der Waals surface area contributed by atoms with E-state index in [1.165, 1.54) is 12.1 Å². The van der Waals surface area contributed by atoms with E-state index in [0.29, 0.717) is 17.5 Å². The Hall–Kier alpha value is -3.02. The van der Waals surface area contributed by atoms with Crippen LogP contribution in [0.5, 0.6) is 0 Å². The fraction of sp³-hybridized carbons (Fsp3) is 0.0400. The second-order valence-electron chi connectivity index (χ2n) is 7.22. The van der Waals surface area contributed by atoms with Gasteiger partial charge in [0.05, 0.1) is 9.50 Å². The second-order valence-corrected chi connectivity index (χ2v) is 8.54. The van der Waals surface area contributed by atoms with Gasteiger partial charge >= 0.3 is 0 Å². The molecule has 0 spiro atoms. The molecule has 0 aliphatic heterocycles. The minimum atomic E-state index is -0.352. The maximum atomic E-state index is 13.4. The summed E-state index contributed by atoms with van der Waals surface area (Å²) in [6.45, 7) is 0.490. The van der Waals surface area contributed by atoms with Gasteiger partial charge in [-0.05, 0) is 63.5 Å². The Bertz CT molecular complexity index is 1400. The molecule has 0 unspecified atom stereocenters. The minimum Gasteiger partial charge on any atom is -0.436 e. The van der Waals surface area contributed by atoms with E-state index in [0.717, 1.165) is 37.8 Å². The lowest BCUT2D eigenvalue weighted by Gasteiger charge is -2.03. The molecule has 0 fully saturated rings. The van der Waals surface area contributed by atoms with Crippen molar-refractivity contribution in [3.63, 3.8) is 0 Å². The van der Waals surface area contributed by atoms with Crippen molar-refractivity contribution in [3.8, 4) is 22.6 Å². The van der Waals surface area contributed by atoms with Crippen molar-refractivity contribution < 1.29 is 13.4 Å². The number of hydrogen-bond acceptors (Lipinski definition) is 2. The van der Waals surface area contributed by atoms with Crippen LogP contribution in [0.4, 0.5) is 4.39 Å². The molecule has 2 aromatic heterocycles. The van der Waals surface area contributed by atoms with Gasteiger partial charge in [-0.25, -0.2) is 9.37 Å². The molecule has 5 aromatic rings. The number of pyridine rings is 1. The lowest BCUT2D eigenvalue weighted by Crippen LogP contribution is -2.34. The Morgan fingerprint density at radius 3 is 2.55 bits per heavy atom. The Morgan fingerprint density at radius 1 is 0.903 bits per heavy atom. The van der Waals surface area contributed by atoms with Gasteiger partial charge < -0.3 is 4.42 Å². The number of oxazole rings is 1. The molecule has 5 rings (SSSR count). The van der Waals surface area contributed by atoms with Crippen LogP contribution in [0.25, 0.3) is 33.7 Å². The summed E-state index contributed by atoms with van der Waals surface area (Å²) in [6.07, 6.45) is 3.87. The second kappa shape index (κ2) is 8.25. The van der Waals surface area contributed by atoms with Crippen LogP contribution >= 0.6 is 27.5 Å². The van der Waals surface area contributed by atoms with Gasteiger partial charge in [0, 0.05) is 5.56 Å². The molecule has 6 heteroatoms. The van der Waals surface area contributed by atoms with E-state index in [-0.39, 0.29) is 5.82 Å². The van der Waals surface area contributed by atoms with E-state index in [1.807, 2.05) is 59.4 Å². The number of aromatic nitrogens is 2. The molecule has 0 amide bonds. The highest BCUT2D eigenvalue weighted by molar-refractivity contribution is 9.10. The highest BCUT2D eigenvalue weighted by atomic mass is 79.9. The van der Waals surface area contributed by atoms with Gasteiger partial charge in [0.15, 0.2) is 24.5 Å². The molecule has 0 aliphatic carbocycles. The normalized spacial score (nSPS) is 11.2. The van der Waals surface area contributed by atoms with Gasteiger partial charge in [-0.3, -0.25) is 0 Å². The third kappa shape index (κ3) is 4.24. The fourth-order valence-electron chi connectivity index (χ4n) is 3.51. The zero-order chi connectivity index (χ0) is 21.4. The van der Waals surface area contributed by atoms with Gasteiger partial charge in [-0.15, -0.1) is 0 Å². The number of hydrogen-bond donors (Lipinski definition) is 0. The summed E-state index contributed by atoms with van der Waals surface area (Å²) >= 11 is 9.76. The molecule has 2 heterocycles. The Labute approximate surface area is 191 Å². The van der Waals surface area contributed by atoms with Crippen LogP contribution in [-0.4, -0.2) is 4.98 Å². The monoisotopic (exact) mass is 493 g/mol. The molecule has 0 atom stereocenters. The van der Waals surface area contributed by atoms with E-state index in [4.69, 9.17) is 21.0 Å². The van der Waals surface area contributed by atoms with E-state index in [1.54, 1.807) is 6.07 Å². The van der Waals surface area contributed by atoms with Crippen molar-refractivity contribution >= 4 is 38.6 Å². The van der Waals surface area contributed by atoms with Crippen molar-refractivity contribution in [2.45, 2.75) is 6.54 Å². The molecule has 31 heavy (non-hydrogen) atoms. The first kappa shape index (κ1) is 19.9. The number of halogens is 3. The quantitative estimate of drug-likeness (QED) is 0.251. The van der Waals surface area contributed by atoms with Crippen molar-refractivity contribution in [1.29, 1.82) is 0 Å². The molecule has 0 saturated heterocycles. The maximum Gasteiger partial charge on any atom is 0.233 e. The van der Waals surface area contributed by atoms with Gasteiger partial charge in [-0.2, -0.15) is 4.57 Å². The van der Waals surface area contributed by atoms with Crippen LogP contribution in [0.2, 0.25) is 5.02 Å². The molecule has 0 bridgehead atoms. The molecule has 3 nitrogen and oxygen atoms in total. The van der Waals surface area contributed by atoms with E-state index >= 15 is 0 Å². The highest BCUT2D eigenvalue weighted by Crippen LogP contribution is 2.29. The SMILES string of the molecule is Fc1ccc(C[n+]2cc(Br)cc(-c3nc4cc(-c5ccccc5)ccc4o3)c2)c(Cl)c1. The average Bonchev–Trinajstić information content (AvgIpc) is 3.19. The first-order valence-electron chi connectivity index (χ1n) is 9.65. The standard InChI is InChI=1S/C25H16BrClFN2O/c26-20-10-19(14-30(15-20)13-18-6-8-21(28)12-22(18)27)25-29-23-11-17(7-9-24(23)31-25)16-4-2-1-3-5-16/h1-12,14-15H,13H2/q+1. The number of fused-ring (bicyclic) bond motifs is 1. The lowest BCUT2D eigenvalue weighted by atomic mass is 10.1. The van der Waals surface area contributed by atoms with Crippen molar-refractivity contribution in [2.75, 3.05) is 0 Å². The Balaban J connectivity index is 1.51. The topological polar surface area (TPSA) is 29.9 Å². The van der Waals surface area contributed by atoms with Crippen LogP contribution < -0.4 is 4.57 Å². The van der Waals surface area contributed by atoms with Crippen LogP contribution in [0.15, 0.2) is 94.1 Å².